The molecular formula is C17H12FN5O3. The summed E-state index contributed by atoms with van der Waals surface area (Å²) in [5.41, 5.74) is 1.23. The highest BCUT2D eigenvalue weighted by Gasteiger charge is 2.19. The molecule has 0 spiro atoms. The summed E-state index contributed by atoms with van der Waals surface area (Å²) in [6.07, 6.45) is 1.87. The number of nitro benzene ring substituents is 1. The summed E-state index contributed by atoms with van der Waals surface area (Å²) in [4.78, 5) is 15.3. The Morgan fingerprint density at radius 1 is 1.35 bits per heavy atom. The van der Waals surface area contributed by atoms with E-state index in [9.17, 15) is 19.8 Å². The average Bonchev–Trinajstić information content (AvgIpc) is 3.09. The zero-order valence-electron chi connectivity index (χ0n) is 13.6. The van der Waals surface area contributed by atoms with Gasteiger partial charge in [0.15, 0.2) is 6.19 Å². The largest absolute Gasteiger partial charge is 0.337 e. The summed E-state index contributed by atoms with van der Waals surface area (Å²) < 4.78 is 18.6. The number of nitrogens with zero attached hydrogens (tertiary/aromatic N) is 5. The highest BCUT2D eigenvalue weighted by Crippen LogP contribution is 2.25. The van der Waals surface area contributed by atoms with Crippen molar-refractivity contribution in [2.45, 2.75) is 13.5 Å². The molecule has 26 heavy (non-hydrogen) atoms. The molecule has 3 aromatic rings. The molecule has 0 amide bonds. The van der Waals surface area contributed by atoms with E-state index in [1.54, 1.807) is 0 Å². The molecule has 0 radical (unpaired) electrons. The third-order valence-electron chi connectivity index (χ3n) is 3.60. The van der Waals surface area contributed by atoms with E-state index < -0.39 is 16.4 Å². The van der Waals surface area contributed by atoms with Gasteiger partial charge in [-0.15, -0.1) is 0 Å². The lowest BCUT2D eigenvalue weighted by molar-refractivity contribution is -0.387. The number of halogens is 1. The van der Waals surface area contributed by atoms with E-state index in [1.165, 1.54) is 6.07 Å². The van der Waals surface area contributed by atoms with Gasteiger partial charge in [-0.25, -0.2) is 0 Å². The zero-order valence-corrected chi connectivity index (χ0v) is 13.6. The molecule has 0 saturated carbocycles. The number of nitro groups is 1. The molecule has 9 heteroatoms. The van der Waals surface area contributed by atoms with Gasteiger partial charge in [-0.2, -0.15) is 14.6 Å². The van der Waals surface area contributed by atoms with E-state index in [-0.39, 0.29) is 18.1 Å². The summed E-state index contributed by atoms with van der Waals surface area (Å²) in [6, 6.07) is 10.7. The van der Waals surface area contributed by atoms with E-state index in [4.69, 9.17) is 4.52 Å². The molecular weight excluding hydrogens is 341 g/mol. The van der Waals surface area contributed by atoms with Gasteiger partial charge in [-0.3, -0.25) is 15.0 Å². The SMILES string of the molecule is Cc1cccc(-c2noc(CN(C#N)c3ccc(F)c([N+](=O)[O-])c3)n2)c1. The van der Waals surface area contributed by atoms with Crippen molar-refractivity contribution < 1.29 is 13.8 Å². The topological polar surface area (TPSA) is 109 Å². The predicted molar refractivity (Wildman–Crippen MR) is 89.3 cm³/mol. The van der Waals surface area contributed by atoms with Gasteiger partial charge < -0.3 is 4.52 Å². The van der Waals surface area contributed by atoms with Crippen LogP contribution in [0.4, 0.5) is 15.8 Å². The molecule has 0 bridgehead atoms. The van der Waals surface area contributed by atoms with Crippen molar-refractivity contribution in [2.75, 3.05) is 4.90 Å². The van der Waals surface area contributed by atoms with E-state index >= 15 is 0 Å². The summed E-state index contributed by atoms with van der Waals surface area (Å²) in [5.74, 6) is -0.460. The second-order valence-electron chi connectivity index (χ2n) is 5.46. The Bertz CT molecular complexity index is 1010. The standard InChI is InChI=1S/C17H12FN5O3/c1-11-3-2-4-12(7-11)17-20-16(26-21-17)9-22(10-19)13-5-6-14(18)15(8-13)23(24)25/h2-8H,9H2,1H3. The van der Waals surface area contributed by atoms with Crippen molar-refractivity contribution in [1.82, 2.24) is 10.1 Å². The van der Waals surface area contributed by atoms with Gasteiger partial charge in [-0.05, 0) is 25.1 Å². The predicted octanol–water partition coefficient (Wildman–Crippen LogP) is 3.58. The summed E-state index contributed by atoms with van der Waals surface area (Å²) >= 11 is 0. The smallest absolute Gasteiger partial charge is 0.306 e. The van der Waals surface area contributed by atoms with Crippen LogP contribution in [0.2, 0.25) is 0 Å². The molecule has 0 atom stereocenters. The number of benzene rings is 2. The van der Waals surface area contributed by atoms with Crippen molar-refractivity contribution in [2.24, 2.45) is 0 Å². The number of rotatable bonds is 5. The van der Waals surface area contributed by atoms with E-state index in [0.717, 1.165) is 28.2 Å². The Kier molecular flexibility index (Phi) is 4.57. The quantitative estimate of drug-likeness (QED) is 0.298. The van der Waals surface area contributed by atoms with Gasteiger partial charge in [0.1, 0.15) is 6.54 Å². The van der Waals surface area contributed by atoms with Crippen molar-refractivity contribution in [3.05, 3.63) is 69.9 Å². The first-order valence-electron chi connectivity index (χ1n) is 7.49. The summed E-state index contributed by atoms with van der Waals surface area (Å²) in [6.45, 7) is 1.83. The minimum absolute atomic E-state index is 0.0991. The average molecular weight is 353 g/mol. The molecule has 0 N–H and O–H groups in total. The van der Waals surface area contributed by atoms with Crippen molar-refractivity contribution in [1.29, 1.82) is 5.26 Å². The third-order valence-corrected chi connectivity index (χ3v) is 3.60. The molecule has 0 saturated heterocycles. The van der Waals surface area contributed by atoms with Crippen LogP contribution in [0.1, 0.15) is 11.5 Å². The lowest BCUT2D eigenvalue weighted by Crippen LogP contribution is -2.16. The van der Waals surface area contributed by atoms with E-state index in [0.29, 0.717) is 5.82 Å². The van der Waals surface area contributed by atoms with Gasteiger partial charge in [0.05, 0.1) is 10.6 Å². The maximum absolute atomic E-state index is 13.5. The Morgan fingerprint density at radius 2 is 2.15 bits per heavy atom. The van der Waals surface area contributed by atoms with Crippen LogP contribution in [-0.2, 0) is 6.54 Å². The monoisotopic (exact) mass is 353 g/mol. The number of hydrogen-bond donors (Lipinski definition) is 0. The number of anilines is 1. The maximum atomic E-state index is 13.5. The summed E-state index contributed by atoms with van der Waals surface area (Å²) in [7, 11) is 0. The van der Waals surface area contributed by atoms with E-state index in [2.05, 4.69) is 10.1 Å². The minimum Gasteiger partial charge on any atom is -0.337 e. The Labute approximate surface area is 147 Å². The van der Waals surface area contributed by atoms with Crippen LogP contribution in [0.15, 0.2) is 47.0 Å². The first-order chi connectivity index (χ1) is 12.5. The third kappa shape index (κ3) is 3.49. The number of aromatic nitrogens is 2. The highest BCUT2D eigenvalue weighted by atomic mass is 19.1. The van der Waals surface area contributed by atoms with Gasteiger partial charge in [0.25, 0.3) is 0 Å². The minimum atomic E-state index is -0.976. The van der Waals surface area contributed by atoms with Crippen LogP contribution in [0.3, 0.4) is 0 Å². The zero-order chi connectivity index (χ0) is 18.7. The summed E-state index contributed by atoms with van der Waals surface area (Å²) in [5, 5.41) is 24.1. The molecule has 0 unspecified atom stereocenters. The van der Waals surface area contributed by atoms with Crippen LogP contribution >= 0.6 is 0 Å². The molecule has 0 aliphatic heterocycles. The fraction of sp³-hybridized carbons (Fsp3) is 0.118. The van der Waals surface area contributed by atoms with Crippen LogP contribution in [0.25, 0.3) is 11.4 Å². The van der Waals surface area contributed by atoms with Gasteiger partial charge in [0.2, 0.25) is 17.5 Å². The molecule has 0 aliphatic rings. The Hall–Kier alpha value is -3.80. The molecule has 8 nitrogen and oxygen atoms in total. The first kappa shape index (κ1) is 17.0. The lowest BCUT2D eigenvalue weighted by Gasteiger charge is -2.12. The second-order valence-corrected chi connectivity index (χ2v) is 5.46. The van der Waals surface area contributed by atoms with Crippen molar-refractivity contribution in [3.8, 4) is 17.6 Å². The van der Waals surface area contributed by atoms with E-state index in [1.807, 2.05) is 37.4 Å². The second kappa shape index (κ2) is 6.98. The van der Waals surface area contributed by atoms with Gasteiger partial charge >= 0.3 is 5.69 Å². The van der Waals surface area contributed by atoms with Crippen molar-refractivity contribution >= 4 is 11.4 Å². The van der Waals surface area contributed by atoms with Crippen LogP contribution in [-0.4, -0.2) is 15.1 Å². The fourth-order valence-corrected chi connectivity index (χ4v) is 2.35. The molecule has 3 rings (SSSR count). The first-order valence-corrected chi connectivity index (χ1v) is 7.49. The van der Waals surface area contributed by atoms with Gasteiger partial charge in [-0.1, -0.05) is 28.9 Å². The fourth-order valence-electron chi connectivity index (χ4n) is 2.35. The molecule has 130 valence electrons. The lowest BCUT2D eigenvalue weighted by atomic mass is 10.1. The number of hydrogen-bond acceptors (Lipinski definition) is 7. The normalized spacial score (nSPS) is 10.3. The number of nitriles is 1. The van der Waals surface area contributed by atoms with Crippen molar-refractivity contribution in [3.63, 3.8) is 0 Å². The van der Waals surface area contributed by atoms with Gasteiger partial charge in [0, 0.05) is 11.6 Å². The van der Waals surface area contributed by atoms with Crippen LogP contribution in [0.5, 0.6) is 0 Å². The molecule has 0 fully saturated rings. The Balaban J connectivity index is 1.85. The number of aryl methyl sites for hydroxylation is 1. The molecule has 1 aromatic heterocycles. The molecule has 2 aromatic carbocycles. The van der Waals surface area contributed by atoms with Crippen LogP contribution < -0.4 is 4.90 Å². The molecule has 0 aliphatic carbocycles. The maximum Gasteiger partial charge on any atom is 0.306 e. The molecule has 1 heterocycles. The highest BCUT2D eigenvalue weighted by molar-refractivity contribution is 5.57. The Morgan fingerprint density at radius 3 is 2.85 bits per heavy atom. The van der Waals surface area contributed by atoms with Crippen LogP contribution in [0, 0.1) is 34.3 Å².